The van der Waals surface area contributed by atoms with E-state index in [9.17, 15) is 0 Å². The Bertz CT molecular complexity index is 5150. The van der Waals surface area contributed by atoms with E-state index in [0.29, 0.717) is 82.9 Å². The Balaban J connectivity index is 0.000000142. The maximum absolute atomic E-state index is 6.56. The molecule has 140 heavy (non-hydrogen) atoms. The van der Waals surface area contributed by atoms with Crippen molar-refractivity contribution in [2.24, 2.45) is 71.0 Å². The number of rotatable bonds is 24. The molecule has 6 aromatic rings. The largest absolute Gasteiger partial charge is 0.496 e. The molecule has 0 saturated heterocycles. The molecule has 0 N–H and O–H groups in total. The fraction of sp³-hybridized carbons (Fsp3) is 0.636. The van der Waals surface area contributed by atoms with Crippen LogP contribution in [0.3, 0.4) is 0 Å². The summed E-state index contributed by atoms with van der Waals surface area (Å²) in [4.78, 5) is 0. The van der Waals surface area contributed by atoms with Gasteiger partial charge < -0.3 is 37.9 Å². The predicted molar refractivity (Wildman–Crippen MR) is 593 cm³/mol. The third kappa shape index (κ3) is 26.1. The first-order valence-corrected chi connectivity index (χ1v) is 56.3. The highest BCUT2D eigenvalue weighted by molar-refractivity contribution is 5.56. The summed E-state index contributed by atoms with van der Waals surface area (Å²) in [7, 11) is 3.60. The van der Waals surface area contributed by atoms with Gasteiger partial charge in [0.05, 0.1) is 14.2 Å². The molecule has 0 amide bonds. The fourth-order valence-corrected chi connectivity index (χ4v) is 26.9. The monoisotopic (exact) mass is 1910 g/mol. The number of allylic oxidation sites excluding steroid dienone is 12. The van der Waals surface area contributed by atoms with E-state index in [0.717, 1.165) is 160 Å². The van der Waals surface area contributed by atoms with Crippen LogP contribution in [-0.2, 0) is 38.5 Å². The van der Waals surface area contributed by atoms with Crippen molar-refractivity contribution in [1.82, 2.24) is 0 Å². The first-order valence-electron chi connectivity index (χ1n) is 56.3. The lowest BCUT2D eigenvalue weighted by Gasteiger charge is -2.47. The van der Waals surface area contributed by atoms with Gasteiger partial charge in [0, 0.05) is 58.5 Å². The van der Waals surface area contributed by atoms with E-state index in [-0.39, 0.29) is 33.6 Å². The minimum absolute atomic E-state index is 0.0656. The van der Waals surface area contributed by atoms with Gasteiger partial charge in [0.15, 0.2) is 0 Å². The van der Waals surface area contributed by atoms with E-state index in [4.69, 9.17) is 37.9 Å². The first kappa shape index (κ1) is 109. The van der Waals surface area contributed by atoms with Crippen molar-refractivity contribution >= 4 is 0 Å². The molecule has 0 saturated carbocycles. The molecular weight excluding hydrogens is 1710 g/mol. The van der Waals surface area contributed by atoms with E-state index >= 15 is 0 Å². The normalized spacial score (nSPS) is 26.3. The van der Waals surface area contributed by atoms with E-state index in [1.807, 2.05) is 0 Å². The van der Waals surface area contributed by atoms with Gasteiger partial charge in [0.1, 0.15) is 79.6 Å². The fourth-order valence-electron chi connectivity index (χ4n) is 26.9. The number of hydrogen-bond acceptors (Lipinski definition) is 8. The van der Waals surface area contributed by atoms with Crippen molar-refractivity contribution in [1.29, 1.82) is 0 Å². The lowest BCUT2D eigenvalue weighted by atomic mass is 9.67. The summed E-state index contributed by atoms with van der Waals surface area (Å²) < 4.78 is 50.6. The molecule has 6 aliphatic heterocycles. The molecule has 8 heteroatoms. The summed E-state index contributed by atoms with van der Waals surface area (Å²) >= 11 is 0. The molecule has 0 bridgehead atoms. The van der Waals surface area contributed by atoms with Crippen LogP contribution in [0.5, 0.6) is 46.0 Å². The topological polar surface area (TPSA) is 73.8 Å². The second kappa shape index (κ2) is 46.7. The molecule has 18 rings (SSSR count). The van der Waals surface area contributed by atoms with Crippen LogP contribution >= 0.6 is 0 Å². The average Bonchev–Trinajstić information content (AvgIpc) is 0.705. The van der Waals surface area contributed by atoms with Gasteiger partial charge in [0.25, 0.3) is 0 Å². The van der Waals surface area contributed by atoms with Crippen LogP contribution in [0.15, 0.2) is 167 Å². The molecular formula is C132H192O8. The third-order valence-electron chi connectivity index (χ3n) is 35.7. The van der Waals surface area contributed by atoms with E-state index in [2.05, 4.69) is 341 Å². The number of unbranched alkanes of at least 4 members (excludes halogenated alkanes) is 1. The van der Waals surface area contributed by atoms with Crippen molar-refractivity contribution in [2.45, 2.75) is 457 Å². The lowest BCUT2D eigenvalue weighted by Crippen LogP contribution is -2.45. The van der Waals surface area contributed by atoms with Crippen LogP contribution in [-0.4, -0.2) is 47.8 Å². The molecule has 8 nitrogen and oxygen atoms in total. The molecule has 768 valence electrons. The van der Waals surface area contributed by atoms with Crippen molar-refractivity contribution in [3.63, 3.8) is 0 Å². The lowest BCUT2D eigenvalue weighted by molar-refractivity contribution is 0.00714. The van der Waals surface area contributed by atoms with E-state index in [1.54, 1.807) is 14.2 Å². The van der Waals surface area contributed by atoms with Crippen molar-refractivity contribution in [3.05, 3.63) is 234 Å². The predicted octanol–water partition coefficient (Wildman–Crippen LogP) is 36.9. The zero-order valence-electron chi connectivity index (χ0n) is 94.2. The second-order valence-electron chi connectivity index (χ2n) is 50.2. The van der Waals surface area contributed by atoms with Gasteiger partial charge in [-0.1, -0.05) is 266 Å². The molecule has 0 spiro atoms. The minimum Gasteiger partial charge on any atom is -0.496 e. The number of hydrogen-bond donors (Lipinski definition) is 0. The van der Waals surface area contributed by atoms with Crippen LogP contribution in [0.4, 0.5) is 0 Å². The molecule has 0 aromatic heterocycles. The second-order valence-corrected chi connectivity index (χ2v) is 50.2. The number of benzene rings is 6. The highest BCUT2D eigenvalue weighted by Gasteiger charge is 2.52. The maximum Gasteiger partial charge on any atom is 0.127 e. The summed E-state index contributed by atoms with van der Waals surface area (Å²) in [5.41, 5.74) is 25.3. The first-order chi connectivity index (χ1) is 66.3. The van der Waals surface area contributed by atoms with Crippen LogP contribution in [0.1, 0.15) is 451 Å². The summed E-state index contributed by atoms with van der Waals surface area (Å²) in [5.74, 6) is 20.0. The van der Waals surface area contributed by atoms with E-state index in [1.165, 1.54) is 190 Å². The van der Waals surface area contributed by atoms with E-state index < -0.39 is 0 Å². The Labute approximate surface area is 853 Å². The van der Waals surface area contributed by atoms with Crippen LogP contribution in [0.25, 0.3) is 0 Å². The summed E-state index contributed by atoms with van der Waals surface area (Å²) in [5, 5.41) is 0. The molecule has 12 aliphatic rings. The molecule has 18 atom stereocenters. The van der Waals surface area contributed by atoms with Crippen LogP contribution in [0.2, 0.25) is 0 Å². The molecule has 2 unspecified atom stereocenters. The van der Waals surface area contributed by atoms with Gasteiger partial charge in [0.2, 0.25) is 0 Å². The van der Waals surface area contributed by atoms with Crippen molar-refractivity contribution < 1.29 is 37.9 Å². The van der Waals surface area contributed by atoms with Gasteiger partial charge in [-0.05, 0) is 404 Å². The Hall–Kier alpha value is -7.84. The number of fused-ring (bicyclic) bond motifs is 18. The summed E-state index contributed by atoms with van der Waals surface area (Å²) in [6.07, 6.45) is 47.7. The molecule has 6 aromatic carbocycles. The Morgan fingerprint density at radius 1 is 0.264 bits per heavy atom. The average molecular weight is 1910 g/mol. The highest BCUT2D eigenvalue weighted by atomic mass is 16.5. The quantitative estimate of drug-likeness (QED) is 0.0555. The van der Waals surface area contributed by atoms with Crippen molar-refractivity contribution in [3.8, 4) is 46.0 Å². The van der Waals surface area contributed by atoms with Gasteiger partial charge in [-0.25, -0.2) is 0 Å². The van der Waals surface area contributed by atoms with Crippen LogP contribution < -0.4 is 37.9 Å². The zero-order valence-corrected chi connectivity index (χ0v) is 94.2. The molecule has 0 fully saturated rings. The maximum atomic E-state index is 6.56. The number of methoxy groups -OCH3 is 2. The standard InChI is InChI=1S/C24H36O2.C22H32O2.2C22H32O.2C21H30O/c1-7-8-9-16(2)12-18-14-21(25-6)23-19-13-17(3)10-11-20(19)24(4,5)26-22(23)15-18;1-7-14(2)10-16-12-19(23-6)21-17-11-15(3)8-9-18(17)22(4,5)24-20(21)13-16;2*1-6-7-15(2)12-17-9-10-18-19-13-16(3)8-11-20(19)22(4,5)23-21(18)14-17;2*1-6-14(2)11-16-8-9-17-18-12-15(3)7-10-19(18)21(4,5)22-20(17)13-16/h10,14-16,19-20H,7-9,11-13H2,1-6H3;8,12-14,17-18H,7,9-11H2,1-6H3;2*8-10,14-15,19-20H,6-7,11-13H2,1-5H3;2*7-9,13-14,18-19H,6,10-12H2,1-5H3/t16?,19-,20-;14-,17-,18-;15?,19-,20+;15-,19-,20+;14-,18+,19-;14-,18-,19+/m110010/s1. The van der Waals surface area contributed by atoms with Gasteiger partial charge >= 0.3 is 0 Å². The Morgan fingerprint density at radius 3 is 0.721 bits per heavy atom. The number of ether oxygens (including phenoxy) is 8. The highest BCUT2D eigenvalue weighted by Crippen LogP contribution is 2.60. The van der Waals surface area contributed by atoms with Gasteiger partial charge in [-0.3, -0.25) is 0 Å². The third-order valence-corrected chi connectivity index (χ3v) is 35.7. The smallest absolute Gasteiger partial charge is 0.127 e. The minimum atomic E-state index is -0.133. The molecule has 0 radical (unpaired) electrons. The SMILES string of the molecule is CCCC(C)Cc1ccc2c(c1)OC(C)(C)[C@@H]1CC=C(C)C[C@@H]21.CCCCC(C)Cc1cc(OC)c2c(c1)OC(C)(C)[C@@H]1CC=C(C)C[C@@H]21.CCC[C@H](C)Cc1ccc2c(c1)OC(C)(C)[C@@H]1CC=C(C)C[C@@H]21.CC[C@@H](C)Cc1cc(OC)c2c(c1)OC(C)(C)[C@@H]1CC=C(C)C[C@@H]21.CC[C@@H](C)Cc1ccc2c(c1)OC(C)(C)[C@@H]1CC=C(C)C[C@@H]21.CC[C@H](C)Cc1ccc2c(c1)OC(C)(C)[C@@H]1CC=C(C)C[C@@H]21. The zero-order chi connectivity index (χ0) is 101. The molecule has 6 heterocycles. The summed E-state index contributed by atoms with van der Waals surface area (Å²) in [6.45, 7) is 68.4. The van der Waals surface area contributed by atoms with Gasteiger partial charge in [-0.2, -0.15) is 0 Å². The van der Waals surface area contributed by atoms with Crippen LogP contribution in [0, 0.1) is 71.0 Å². The Morgan fingerprint density at radius 2 is 0.479 bits per heavy atom. The summed E-state index contributed by atoms with van der Waals surface area (Å²) in [6, 6.07) is 37.1. The molecule has 6 aliphatic carbocycles. The van der Waals surface area contributed by atoms with Crippen molar-refractivity contribution in [2.75, 3.05) is 14.2 Å². The van der Waals surface area contributed by atoms with Gasteiger partial charge in [-0.15, -0.1) is 0 Å². The Kier molecular flexibility index (Phi) is 36.5.